The number of nitrogens with one attached hydrogen (secondary N) is 1. The largest absolute Gasteiger partial charge is 0.493 e. The minimum absolute atomic E-state index is 0.142. The summed E-state index contributed by atoms with van der Waals surface area (Å²) in [4.78, 5) is 14.6. The van der Waals surface area contributed by atoms with Crippen LogP contribution in [-0.4, -0.2) is 43.1 Å². The number of amides is 1. The van der Waals surface area contributed by atoms with Gasteiger partial charge in [0.25, 0.3) is 0 Å². The van der Waals surface area contributed by atoms with Crippen molar-refractivity contribution in [3.05, 3.63) is 28.8 Å². The molecule has 1 amide bonds. The number of hydrogen-bond donors (Lipinski definition) is 1. The molecule has 0 aliphatic carbocycles. The van der Waals surface area contributed by atoms with Crippen LogP contribution in [-0.2, 0) is 4.79 Å². The fraction of sp³-hybridized carbons (Fsp3) is 0.650. The van der Waals surface area contributed by atoms with Crippen molar-refractivity contribution in [2.24, 2.45) is 0 Å². The lowest BCUT2D eigenvalue weighted by Crippen LogP contribution is -2.44. The van der Waals surface area contributed by atoms with E-state index in [1.54, 1.807) is 0 Å². The molecule has 1 N–H and O–H groups in total. The van der Waals surface area contributed by atoms with Gasteiger partial charge in [0, 0.05) is 30.6 Å². The molecule has 1 aromatic rings. The van der Waals surface area contributed by atoms with Gasteiger partial charge in [-0.25, -0.2) is 0 Å². The van der Waals surface area contributed by atoms with E-state index in [4.69, 9.17) is 16.3 Å². The maximum Gasteiger partial charge on any atom is 0.220 e. The summed E-state index contributed by atoms with van der Waals surface area (Å²) >= 11 is 5.93. The first-order chi connectivity index (χ1) is 12.1. The third-order valence-corrected chi connectivity index (χ3v) is 4.96. The first-order valence-electron chi connectivity index (χ1n) is 9.49. The SMILES string of the molecule is CCCCN1CCC(NC(=O)CCCOc2ccc(Cl)cc2C)CC1. The Balaban J connectivity index is 1.58. The van der Waals surface area contributed by atoms with Crippen LogP contribution in [0.2, 0.25) is 5.02 Å². The summed E-state index contributed by atoms with van der Waals surface area (Å²) in [5.74, 6) is 0.979. The lowest BCUT2D eigenvalue weighted by Gasteiger charge is -2.32. The number of hydrogen-bond acceptors (Lipinski definition) is 3. The zero-order valence-electron chi connectivity index (χ0n) is 15.5. The van der Waals surface area contributed by atoms with E-state index in [-0.39, 0.29) is 5.91 Å². The molecule has 0 unspecified atom stereocenters. The maximum atomic E-state index is 12.1. The molecule has 1 aromatic carbocycles. The molecule has 1 fully saturated rings. The Hall–Kier alpha value is -1.26. The molecule has 1 aliphatic rings. The van der Waals surface area contributed by atoms with Crippen LogP contribution in [0.1, 0.15) is 51.0 Å². The molecule has 0 radical (unpaired) electrons. The summed E-state index contributed by atoms with van der Waals surface area (Å²) in [7, 11) is 0. The number of nitrogens with zero attached hydrogens (tertiary/aromatic N) is 1. The molecular weight excluding hydrogens is 336 g/mol. The number of carbonyl (C=O) groups is 1. The Bertz CT molecular complexity index is 542. The quantitative estimate of drug-likeness (QED) is 0.666. The van der Waals surface area contributed by atoms with Crippen LogP contribution in [0.3, 0.4) is 0 Å². The van der Waals surface area contributed by atoms with Gasteiger partial charge in [0.1, 0.15) is 5.75 Å². The van der Waals surface area contributed by atoms with Crippen molar-refractivity contribution in [2.45, 2.75) is 58.4 Å². The summed E-state index contributed by atoms with van der Waals surface area (Å²) in [6, 6.07) is 5.93. The highest BCUT2D eigenvalue weighted by atomic mass is 35.5. The Morgan fingerprint density at radius 2 is 2.08 bits per heavy atom. The van der Waals surface area contributed by atoms with Crippen LogP contribution in [0.5, 0.6) is 5.75 Å². The highest BCUT2D eigenvalue weighted by Gasteiger charge is 2.19. The zero-order valence-corrected chi connectivity index (χ0v) is 16.3. The minimum atomic E-state index is 0.142. The summed E-state index contributed by atoms with van der Waals surface area (Å²) < 4.78 is 5.74. The van der Waals surface area contributed by atoms with Crippen LogP contribution >= 0.6 is 11.6 Å². The van der Waals surface area contributed by atoms with E-state index in [1.807, 2.05) is 25.1 Å². The van der Waals surface area contributed by atoms with Gasteiger partial charge in [-0.3, -0.25) is 4.79 Å². The first kappa shape index (κ1) is 20.1. The first-order valence-corrected chi connectivity index (χ1v) is 9.87. The molecule has 0 aromatic heterocycles. The number of aryl methyl sites for hydroxylation is 1. The predicted molar refractivity (Wildman–Crippen MR) is 103 cm³/mol. The lowest BCUT2D eigenvalue weighted by atomic mass is 10.0. The van der Waals surface area contributed by atoms with Crippen molar-refractivity contribution in [1.82, 2.24) is 10.2 Å². The standard InChI is InChI=1S/C20H31ClN2O2/c1-3-4-11-23-12-9-18(10-13-23)22-20(24)6-5-14-25-19-8-7-17(21)15-16(19)2/h7-8,15,18H,3-6,9-14H2,1-2H3,(H,22,24). The number of likely N-dealkylation sites (tertiary alicyclic amines) is 1. The van der Waals surface area contributed by atoms with E-state index in [1.165, 1.54) is 19.4 Å². The molecule has 0 saturated carbocycles. The number of halogens is 1. The highest BCUT2D eigenvalue weighted by Crippen LogP contribution is 2.22. The second-order valence-electron chi connectivity index (χ2n) is 6.90. The van der Waals surface area contributed by atoms with Crippen molar-refractivity contribution in [2.75, 3.05) is 26.2 Å². The topological polar surface area (TPSA) is 41.6 Å². The number of unbranched alkanes of at least 4 members (excludes halogenated alkanes) is 1. The Kier molecular flexibility index (Phi) is 8.56. The van der Waals surface area contributed by atoms with Gasteiger partial charge in [-0.2, -0.15) is 0 Å². The fourth-order valence-corrected chi connectivity index (χ4v) is 3.40. The second kappa shape index (κ2) is 10.7. The van der Waals surface area contributed by atoms with E-state index < -0.39 is 0 Å². The van der Waals surface area contributed by atoms with Gasteiger partial charge < -0.3 is 15.0 Å². The fourth-order valence-electron chi connectivity index (χ4n) is 3.17. The van der Waals surface area contributed by atoms with E-state index in [9.17, 15) is 4.79 Å². The number of rotatable bonds is 9. The van der Waals surface area contributed by atoms with E-state index in [2.05, 4.69) is 17.1 Å². The van der Waals surface area contributed by atoms with Crippen LogP contribution in [0.15, 0.2) is 18.2 Å². The van der Waals surface area contributed by atoms with Crippen molar-refractivity contribution in [3.63, 3.8) is 0 Å². The molecule has 5 heteroatoms. The molecule has 0 bridgehead atoms. The van der Waals surface area contributed by atoms with Crippen LogP contribution in [0, 0.1) is 6.92 Å². The Morgan fingerprint density at radius 1 is 1.32 bits per heavy atom. The predicted octanol–water partition coefficient (Wildman–Crippen LogP) is 4.19. The highest BCUT2D eigenvalue weighted by molar-refractivity contribution is 6.30. The minimum Gasteiger partial charge on any atom is -0.493 e. The third-order valence-electron chi connectivity index (χ3n) is 4.72. The van der Waals surface area contributed by atoms with Crippen LogP contribution < -0.4 is 10.1 Å². The molecule has 140 valence electrons. The lowest BCUT2D eigenvalue weighted by molar-refractivity contribution is -0.122. The number of benzene rings is 1. The van der Waals surface area contributed by atoms with Gasteiger partial charge in [0.05, 0.1) is 6.61 Å². The molecular formula is C20H31ClN2O2. The van der Waals surface area contributed by atoms with Gasteiger partial charge in [-0.15, -0.1) is 0 Å². The molecule has 1 saturated heterocycles. The second-order valence-corrected chi connectivity index (χ2v) is 7.34. The number of piperidine rings is 1. The van der Waals surface area contributed by atoms with E-state index in [0.717, 1.165) is 43.7 Å². The molecule has 1 heterocycles. The number of carbonyl (C=O) groups excluding carboxylic acids is 1. The van der Waals surface area contributed by atoms with Gasteiger partial charge in [-0.1, -0.05) is 24.9 Å². The van der Waals surface area contributed by atoms with Gasteiger partial charge in [0.2, 0.25) is 5.91 Å². The van der Waals surface area contributed by atoms with E-state index in [0.29, 0.717) is 24.1 Å². The number of ether oxygens (including phenoxy) is 1. The molecule has 2 rings (SSSR count). The normalized spacial score (nSPS) is 16.0. The summed E-state index contributed by atoms with van der Waals surface area (Å²) in [6.07, 6.45) is 5.89. The zero-order chi connectivity index (χ0) is 18.1. The summed E-state index contributed by atoms with van der Waals surface area (Å²) in [5, 5.41) is 3.89. The van der Waals surface area contributed by atoms with Crippen LogP contribution in [0.4, 0.5) is 0 Å². The maximum absolute atomic E-state index is 12.1. The van der Waals surface area contributed by atoms with Gasteiger partial charge >= 0.3 is 0 Å². The summed E-state index contributed by atoms with van der Waals surface area (Å²) in [6.45, 7) is 8.14. The van der Waals surface area contributed by atoms with Crippen molar-refractivity contribution in [1.29, 1.82) is 0 Å². The molecule has 25 heavy (non-hydrogen) atoms. The van der Waals surface area contributed by atoms with E-state index >= 15 is 0 Å². The average molecular weight is 367 g/mol. The Morgan fingerprint density at radius 3 is 2.76 bits per heavy atom. The molecule has 4 nitrogen and oxygen atoms in total. The Labute approximate surface area is 156 Å². The molecule has 0 atom stereocenters. The van der Waals surface area contributed by atoms with Gasteiger partial charge in [-0.05, 0) is 62.9 Å². The monoisotopic (exact) mass is 366 g/mol. The van der Waals surface area contributed by atoms with Gasteiger partial charge in [0.15, 0.2) is 0 Å². The average Bonchev–Trinajstić information content (AvgIpc) is 2.59. The smallest absolute Gasteiger partial charge is 0.220 e. The molecule has 1 aliphatic heterocycles. The summed E-state index contributed by atoms with van der Waals surface area (Å²) in [5.41, 5.74) is 1.02. The van der Waals surface area contributed by atoms with Crippen molar-refractivity contribution >= 4 is 17.5 Å². The molecule has 0 spiro atoms. The van der Waals surface area contributed by atoms with Crippen LogP contribution in [0.25, 0.3) is 0 Å². The van der Waals surface area contributed by atoms with Crippen molar-refractivity contribution in [3.8, 4) is 5.75 Å². The van der Waals surface area contributed by atoms with Crippen molar-refractivity contribution < 1.29 is 9.53 Å². The third kappa shape index (κ3) is 7.25.